The van der Waals surface area contributed by atoms with Crippen molar-refractivity contribution in [2.45, 2.75) is 57.7 Å². The number of hydrogen-bond acceptors (Lipinski definition) is 3. The van der Waals surface area contributed by atoms with E-state index in [9.17, 15) is 9.90 Å². The van der Waals surface area contributed by atoms with E-state index in [-0.39, 0.29) is 23.5 Å². The van der Waals surface area contributed by atoms with Crippen molar-refractivity contribution >= 4 is 5.91 Å². The average molecular weight is 293 g/mol. The van der Waals surface area contributed by atoms with Crippen LogP contribution in [0.5, 0.6) is 0 Å². The molecule has 2 aliphatic carbocycles. The molecule has 0 aromatic heterocycles. The molecule has 1 aliphatic heterocycles. The van der Waals surface area contributed by atoms with Crippen LogP contribution in [0.15, 0.2) is 12.2 Å². The van der Waals surface area contributed by atoms with Gasteiger partial charge in [-0.1, -0.05) is 12.2 Å². The van der Waals surface area contributed by atoms with Crippen LogP contribution in [-0.2, 0) is 9.53 Å². The van der Waals surface area contributed by atoms with Gasteiger partial charge in [-0.3, -0.25) is 4.79 Å². The molecule has 1 amide bonds. The van der Waals surface area contributed by atoms with Crippen molar-refractivity contribution in [2.24, 2.45) is 11.3 Å². The summed E-state index contributed by atoms with van der Waals surface area (Å²) in [6.07, 6.45) is 9.71. The van der Waals surface area contributed by atoms with Crippen molar-refractivity contribution in [1.82, 2.24) is 4.90 Å². The molecule has 4 heteroatoms. The van der Waals surface area contributed by atoms with Gasteiger partial charge >= 0.3 is 0 Å². The van der Waals surface area contributed by atoms with E-state index in [4.69, 9.17) is 4.74 Å². The number of ether oxygens (including phenoxy) is 1. The average Bonchev–Trinajstić information content (AvgIpc) is 3.00. The lowest BCUT2D eigenvalue weighted by atomic mass is 9.58. The highest BCUT2D eigenvalue weighted by molar-refractivity contribution is 5.76. The van der Waals surface area contributed by atoms with Gasteiger partial charge in [-0.15, -0.1) is 0 Å². The lowest BCUT2D eigenvalue weighted by molar-refractivity contribution is -0.210. The molecule has 0 aromatic carbocycles. The highest BCUT2D eigenvalue weighted by Gasteiger charge is 2.56. The third-order valence-corrected chi connectivity index (χ3v) is 5.71. The minimum absolute atomic E-state index is 0.0833. The molecule has 3 aliphatic rings. The molecule has 1 saturated carbocycles. The van der Waals surface area contributed by atoms with E-state index in [1.54, 1.807) is 0 Å². The van der Waals surface area contributed by atoms with Gasteiger partial charge in [-0.05, 0) is 38.5 Å². The van der Waals surface area contributed by atoms with Crippen LogP contribution in [0, 0.1) is 11.3 Å². The van der Waals surface area contributed by atoms with Crippen LogP contribution in [0.3, 0.4) is 0 Å². The molecule has 0 radical (unpaired) electrons. The van der Waals surface area contributed by atoms with Crippen LogP contribution >= 0.6 is 0 Å². The summed E-state index contributed by atoms with van der Waals surface area (Å²) in [6, 6.07) is 0. The molecule has 3 unspecified atom stereocenters. The van der Waals surface area contributed by atoms with Crippen molar-refractivity contribution < 1.29 is 14.6 Å². The van der Waals surface area contributed by atoms with Crippen LogP contribution < -0.4 is 0 Å². The molecule has 3 atom stereocenters. The van der Waals surface area contributed by atoms with Crippen molar-refractivity contribution in [3.63, 3.8) is 0 Å². The number of carbonyl (C=O) groups excluding carboxylic acids is 1. The minimum atomic E-state index is -0.246. The Bertz CT molecular complexity index is 410. The zero-order valence-corrected chi connectivity index (χ0v) is 13.0. The lowest BCUT2D eigenvalue weighted by Crippen LogP contribution is -2.62. The molecule has 0 bridgehead atoms. The largest absolute Gasteiger partial charge is 0.392 e. The summed E-state index contributed by atoms with van der Waals surface area (Å²) >= 11 is 0. The number of amides is 1. The number of nitrogens with zero attached hydrogens (tertiary/aromatic N) is 1. The quantitative estimate of drug-likeness (QED) is 0.808. The summed E-state index contributed by atoms with van der Waals surface area (Å²) in [5.74, 6) is 0.724. The van der Waals surface area contributed by atoms with Crippen LogP contribution in [0.2, 0.25) is 0 Å². The van der Waals surface area contributed by atoms with E-state index >= 15 is 0 Å². The van der Waals surface area contributed by atoms with Gasteiger partial charge in [0.25, 0.3) is 0 Å². The fourth-order valence-corrected chi connectivity index (χ4v) is 4.21. The molecule has 0 aromatic rings. The second kappa shape index (κ2) is 6.09. The molecule has 4 nitrogen and oxygen atoms in total. The maximum atomic E-state index is 12.4. The number of rotatable bonds is 4. The van der Waals surface area contributed by atoms with Gasteiger partial charge in [-0.2, -0.15) is 0 Å². The second-order valence-electron chi connectivity index (χ2n) is 6.78. The van der Waals surface area contributed by atoms with Crippen molar-refractivity contribution in [2.75, 3.05) is 19.7 Å². The van der Waals surface area contributed by atoms with E-state index in [0.717, 1.165) is 45.2 Å². The molecule has 21 heavy (non-hydrogen) atoms. The third kappa shape index (κ3) is 2.76. The Morgan fingerprint density at radius 2 is 2.19 bits per heavy atom. The zero-order chi connectivity index (χ0) is 14.9. The number of aliphatic hydroxyl groups excluding tert-OH is 1. The van der Waals surface area contributed by atoms with Gasteiger partial charge in [-0.25, -0.2) is 0 Å². The van der Waals surface area contributed by atoms with Crippen LogP contribution in [0.1, 0.15) is 45.4 Å². The van der Waals surface area contributed by atoms with E-state index in [1.807, 2.05) is 11.8 Å². The van der Waals surface area contributed by atoms with Gasteiger partial charge in [0.15, 0.2) is 0 Å². The van der Waals surface area contributed by atoms with Gasteiger partial charge in [0.1, 0.15) is 0 Å². The first-order valence-electron chi connectivity index (χ1n) is 8.40. The summed E-state index contributed by atoms with van der Waals surface area (Å²) < 4.78 is 5.77. The normalized spacial score (nSPS) is 34.2. The fourth-order valence-electron chi connectivity index (χ4n) is 4.21. The molecule has 1 saturated heterocycles. The van der Waals surface area contributed by atoms with E-state index < -0.39 is 0 Å². The summed E-state index contributed by atoms with van der Waals surface area (Å²) in [4.78, 5) is 14.4. The number of hydrogen-bond donors (Lipinski definition) is 1. The molecular formula is C17H27NO3. The summed E-state index contributed by atoms with van der Waals surface area (Å²) in [7, 11) is 0. The van der Waals surface area contributed by atoms with Crippen molar-refractivity contribution in [3.8, 4) is 0 Å². The Morgan fingerprint density at radius 1 is 1.43 bits per heavy atom. The Morgan fingerprint density at radius 3 is 2.76 bits per heavy atom. The molecule has 3 rings (SSSR count). The number of carbonyl (C=O) groups is 1. The maximum Gasteiger partial charge on any atom is 0.223 e. The zero-order valence-electron chi connectivity index (χ0n) is 13.0. The molecule has 1 N–H and O–H groups in total. The first-order valence-corrected chi connectivity index (χ1v) is 8.40. The van der Waals surface area contributed by atoms with Crippen LogP contribution in [0.4, 0.5) is 0 Å². The van der Waals surface area contributed by atoms with Crippen LogP contribution in [-0.4, -0.2) is 47.8 Å². The number of aliphatic hydroxyl groups is 1. The molecule has 1 spiro atoms. The standard InChI is InChI=1S/C17H27NO3/c1-2-21-15-12-14(19)17(15)7-9-18(10-8-17)16(20)11-13-5-3-4-6-13/h3,5,13-15,19H,2,4,6-12H2,1H3. The van der Waals surface area contributed by atoms with Crippen LogP contribution in [0.25, 0.3) is 0 Å². The minimum Gasteiger partial charge on any atom is -0.392 e. The summed E-state index contributed by atoms with van der Waals surface area (Å²) in [5, 5.41) is 10.2. The predicted octanol–water partition coefficient (Wildman–Crippen LogP) is 2.12. The number of piperidine rings is 1. The van der Waals surface area contributed by atoms with E-state index in [2.05, 4.69) is 12.2 Å². The summed E-state index contributed by atoms with van der Waals surface area (Å²) in [5.41, 5.74) is -0.0833. The lowest BCUT2D eigenvalue weighted by Gasteiger charge is -2.56. The molecular weight excluding hydrogens is 266 g/mol. The fraction of sp³-hybridized carbons (Fsp3) is 0.824. The van der Waals surface area contributed by atoms with Gasteiger partial charge in [0.2, 0.25) is 5.91 Å². The van der Waals surface area contributed by atoms with Crippen molar-refractivity contribution in [3.05, 3.63) is 12.2 Å². The molecule has 118 valence electrons. The monoisotopic (exact) mass is 293 g/mol. The van der Waals surface area contributed by atoms with Gasteiger partial charge in [0, 0.05) is 38.0 Å². The first kappa shape index (κ1) is 15.0. The highest BCUT2D eigenvalue weighted by atomic mass is 16.5. The topological polar surface area (TPSA) is 49.8 Å². The number of likely N-dealkylation sites (tertiary alicyclic amines) is 1. The molecule has 1 heterocycles. The van der Waals surface area contributed by atoms with Gasteiger partial charge in [0.05, 0.1) is 12.2 Å². The summed E-state index contributed by atoms with van der Waals surface area (Å²) in [6.45, 7) is 4.26. The smallest absolute Gasteiger partial charge is 0.223 e. The second-order valence-corrected chi connectivity index (χ2v) is 6.78. The van der Waals surface area contributed by atoms with E-state index in [1.165, 1.54) is 0 Å². The molecule has 2 fully saturated rings. The number of allylic oxidation sites excluding steroid dienone is 2. The Hall–Kier alpha value is -0.870. The SMILES string of the molecule is CCOC1CC(O)C12CCN(C(=O)CC1C=CCC1)CC2. The maximum absolute atomic E-state index is 12.4. The van der Waals surface area contributed by atoms with Crippen molar-refractivity contribution in [1.29, 1.82) is 0 Å². The third-order valence-electron chi connectivity index (χ3n) is 5.71. The highest BCUT2D eigenvalue weighted by Crippen LogP contribution is 2.51. The Labute approximate surface area is 127 Å². The predicted molar refractivity (Wildman–Crippen MR) is 80.8 cm³/mol. The Kier molecular flexibility index (Phi) is 4.36. The van der Waals surface area contributed by atoms with E-state index in [0.29, 0.717) is 18.9 Å². The first-order chi connectivity index (χ1) is 10.2. The Balaban J connectivity index is 1.52. The van der Waals surface area contributed by atoms with Gasteiger partial charge < -0.3 is 14.7 Å².